The monoisotopic (exact) mass is 392 g/mol. The lowest BCUT2D eigenvalue weighted by atomic mass is 10.0. The second-order valence-electron chi connectivity index (χ2n) is 7.02. The predicted molar refractivity (Wildman–Crippen MR) is 103 cm³/mol. The van der Waals surface area contributed by atoms with E-state index in [1.807, 2.05) is 15.6 Å². The first-order chi connectivity index (χ1) is 12.6. The van der Waals surface area contributed by atoms with Crippen LogP contribution in [-0.4, -0.2) is 39.7 Å². The molecule has 0 spiro atoms. The lowest BCUT2D eigenvalue weighted by molar-refractivity contribution is 0.0615. The lowest BCUT2D eigenvalue weighted by Crippen LogP contribution is -2.47. The second kappa shape index (κ2) is 7.22. The molecule has 1 saturated heterocycles. The van der Waals surface area contributed by atoms with E-state index in [0.717, 1.165) is 62.0 Å². The number of likely N-dealkylation sites (tertiary alicyclic amines) is 1. The topological polar surface area (TPSA) is 64.2 Å². The minimum absolute atomic E-state index is 0.00198. The zero-order valence-electron chi connectivity index (χ0n) is 14.5. The van der Waals surface area contributed by atoms with Crippen LogP contribution in [0.2, 0.25) is 10.0 Å². The number of fused-ring (bicyclic) bond motifs is 1. The summed E-state index contributed by atoms with van der Waals surface area (Å²) < 4.78 is 1.83. The van der Waals surface area contributed by atoms with Gasteiger partial charge in [0.25, 0.3) is 5.91 Å². The van der Waals surface area contributed by atoms with Crippen molar-refractivity contribution < 1.29 is 4.79 Å². The maximum absolute atomic E-state index is 13.3. The van der Waals surface area contributed by atoms with Gasteiger partial charge in [-0.3, -0.25) is 4.79 Å². The summed E-state index contributed by atoms with van der Waals surface area (Å²) in [4.78, 5) is 15.2. The highest BCUT2D eigenvalue weighted by molar-refractivity contribution is 6.35. The Bertz CT molecular complexity index is 848. The molecule has 1 aromatic carbocycles. The average Bonchev–Trinajstić information content (AvgIpc) is 3.24. The molecule has 1 aliphatic carbocycles. The Labute approximate surface area is 163 Å². The Morgan fingerprint density at radius 2 is 2.08 bits per heavy atom. The van der Waals surface area contributed by atoms with Gasteiger partial charge in [0.2, 0.25) is 0 Å². The van der Waals surface area contributed by atoms with E-state index in [1.165, 1.54) is 0 Å². The second-order valence-corrected chi connectivity index (χ2v) is 7.86. The third kappa shape index (κ3) is 3.02. The molecule has 2 aromatic rings. The summed E-state index contributed by atoms with van der Waals surface area (Å²) in [6.45, 7) is 1.25. The number of hydrogen-bond donors (Lipinski definition) is 1. The van der Waals surface area contributed by atoms with E-state index in [2.05, 4.69) is 0 Å². The number of rotatable bonds is 3. The number of benzene rings is 1. The molecule has 0 radical (unpaired) electrons. The van der Waals surface area contributed by atoms with E-state index in [-0.39, 0.29) is 11.9 Å². The number of carbonyl (C=O) groups excluding carboxylic acids is 1. The molecule has 2 N–H and O–H groups in total. The Morgan fingerprint density at radius 1 is 1.23 bits per heavy atom. The van der Waals surface area contributed by atoms with Gasteiger partial charge in [0.15, 0.2) is 5.69 Å². The minimum atomic E-state index is 0.00198. The van der Waals surface area contributed by atoms with Gasteiger partial charge in [-0.15, -0.1) is 0 Å². The molecule has 26 heavy (non-hydrogen) atoms. The molecule has 1 fully saturated rings. The lowest BCUT2D eigenvalue weighted by Gasteiger charge is -2.34. The number of halogens is 2. The van der Waals surface area contributed by atoms with E-state index in [1.54, 1.807) is 12.1 Å². The summed E-state index contributed by atoms with van der Waals surface area (Å²) in [6.07, 6.45) is 5.91. The molecule has 2 aliphatic rings. The number of piperidine rings is 1. The minimum Gasteiger partial charge on any atom is -0.333 e. The third-order valence-corrected chi connectivity index (χ3v) is 5.97. The van der Waals surface area contributed by atoms with Crippen LogP contribution >= 0.6 is 23.2 Å². The summed E-state index contributed by atoms with van der Waals surface area (Å²) in [5, 5.41) is 5.81. The standard InChI is InChI=1S/C19H22Cl2N4O/c20-12-7-8-17(15(21)10-12)25-16-6-3-5-14(16)18(23-25)19(26)24-9-2-1-4-13(24)11-22/h7-8,10,13H,1-6,9,11,22H2. The molecule has 1 amide bonds. The largest absolute Gasteiger partial charge is 0.333 e. The molecule has 1 aliphatic heterocycles. The number of carbonyl (C=O) groups is 1. The summed E-state index contributed by atoms with van der Waals surface area (Å²) in [5.74, 6) is 0.00198. The predicted octanol–water partition coefficient (Wildman–Crippen LogP) is 3.62. The van der Waals surface area contributed by atoms with Crippen molar-refractivity contribution in [3.05, 3.63) is 45.2 Å². The van der Waals surface area contributed by atoms with E-state index >= 15 is 0 Å². The fraction of sp³-hybridized carbons (Fsp3) is 0.474. The van der Waals surface area contributed by atoms with Gasteiger partial charge >= 0.3 is 0 Å². The molecular weight excluding hydrogens is 371 g/mol. The molecule has 1 unspecified atom stereocenters. The number of aromatic nitrogens is 2. The van der Waals surface area contributed by atoms with E-state index in [4.69, 9.17) is 34.0 Å². The van der Waals surface area contributed by atoms with Crippen molar-refractivity contribution in [3.63, 3.8) is 0 Å². The number of hydrogen-bond acceptors (Lipinski definition) is 3. The van der Waals surface area contributed by atoms with Gasteiger partial charge in [0, 0.05) is 35.4 Å². The van der Waals surface area contributed by atoms with Crippen molar-refractivity contribution in [2.24, 2.45) is 5.73 Å². The average molecular weight is 393 g/mol. The highest BCUT2D eigenvalue weighted by Gasteiger charge is 2.33. The molecule has 4 rings (SSSR count). The molecule has 138 valence electrons. The third-order valence-electron chi connectivity index (χ3n) is 5.43. The Morgan fingerprint density at radius 3 is 2.85 bits per heavy atom. The van der Waals surface area contributed by atoms with Crippen LogP contribution in [-0.2, 0) is 12.8 Å². The molecular formula is C19H22Cl2N4O. The van der Waals surface area contributed by atoms with Crippen LogP contribution in [0.5, 0.6) is 0 Å². The molecule has 1 atom stereocenters. The molecule has 5 nitrogen and oxygen atoms in total. The summed E-state index contributed by atoms with van der Waals surface area (Å²) >= 11 is 12.4. The van der Waals surface area contributed by atoms with Crippen molar-refractivity contribution in [2.75, 3.05) is 13.1 Å². The quantitative estimate of drug-likeness (QED) is 0.867. The van der Waals surface area contributed by atoms with E-state index in [9.17, 15) is 4.79 Å². The summed E-state index contributed by atoms with van der Waals surface area (Å²) in [5.41, 5.74) is 9.37. The number of nitrogens with zero attached hydrogens (tertiary/aromatic N) is 3. The van der Waals surface area contributed by atoms with Crippen molar-refractivity contribution in [3.8, 4) is 5.69 Å². The zero-order chi connectivity index (χ0) is 18.3. The van der Waals surface area contributed by atoms with Crippen LogP contribution in [0.1, 0.15) is 47.4 Å². The highest BCUT2D eigenvalue weighted by Crippen LogP contribution is 2.32. The smallest absolute Gasteiger partial charge is 0.274 e. The van der Waals surface area contributed by atoms with Gasteiger partial charge in [0.1, 0.15) is 0 Å². The normalized spacial score (nSPS) is 19.7. The van der Waals surface area contributed by atoms with Crippen LogP contribution in [0.4, 0.5) is 0 Å². The first-order valence-corrected chi connectivity index (χ1v) is 9.93. The Kier molecular flexibility index (Phi) is 4.95. The van der Waals surface area contributed by atoms with Gasteiger partial charge in [-0.1, -0.05) is 23.2 Å². The maximum Gasteiger partial charge on any atom is 0.274 e. The fourth-order valence-electron chi connectivity index (χ4n) is 4.11. The highest BCUT2D eigenvalue weighted by atomic mass is 35.5. The van der Waals surface area contributed by atoms with Crippen LogP contribution in [0.15, 0.2) is 18.2 Å². The van der Waals surface area contributed by atoms with Crippen LogP contribution in [0.25, 0.3) is 5.69 Å². The molecule has 7 heteroatoms. The van der Waals surface area contributed by atoms with Crippen LogP contribution in [0, 0.1) is 0 Å². The van der Waals surface area contributed by atoms with Crippen molar-refractivity contribution in [2.45, 2.75) is 44.6 Å². The van der Waals surface area contributed by atoms with Crippen molar-refractivity contribution in [1.82, 2.24) is 14.7 Å². The van der Waals surface area contributed by atoms with Gasteiger partial charge in [-0.05, 0) is 56.7 Å². The van der Waals surface area contributed by atoms with E-state index < -0.39 is 0 Å². The molecule has 1 aromatic heterocycles. The van der Waals surface area contributed by atoms with Gasteiger partial charge in [-0.2, -0.15) is 5.10 Å². The van der Waals surface area contributed by atoms with Crippen LogP contribution in [0.3, 0.4) is 0 Å². The maximum atomic E-state index is 13.3. The first kappa shape index (κ1) is 17.8. The number of amides is 1. The summed E-state index contributed by atoms with van der Waals surface area (Å²) in [7, 11) is 0. The Hall–Kier alpha value is -1.56. The van der Waals surface area contributed by atoms with E-state index in [0.29, 0.717) is 22.3 Å². The molecule has 2 heterocycles. The van der Waals surface area contributed by atoms with Gasteiger partial charge in [0.05, 0.1) is 10.7 Å². The SMILES string of the molecule is NCC1CCCCN1C(=O)c1nn(-c2ccc(Cl)cc2Cl)c2c1CCC2. The molecule has 0 bridgehead atoms. The van der Waals surface area contributed by atoms with Gasteiger partial charge < -0.3 is 10.6 Å². The number of nitrogens with two attached hydrogens (primary N) is 1. The van der Waals surface area contributed by atoms with Crippen molar-refractivity contribution >= 4 is 29.1 Å². The fourth-order valence-corrected chi connectivity index (χ4v) is 4.60. The Balaban J connectivity index is 1.75. The zero-order valence-corrected chi connectivity index (χ0v) is 16.1. The summed E-state index contributed by atoms with van der Waals surface area (Å²) in [6, 6.07) is 5.46. The van der Waals surface area contributed by atoms with Gasteiger partial charge in [-0.25, -0.2) is 4.68 Å². The van der Waals surface area contributed by atoms with Crippen LogP contribution < -0.4 is 5.73 Å². The first-order valence-electron chi connectivity index (χ1n) is 9.17. The van der Waals surface area contributed by atoms with Crippen molar-refractivity contribution in [1.29, 1.82) is 0 Å². The molecule has 0 saturated carbocycles.